The van der Waals surface area contributed by atoms with Crippen LogP contribution in [0.25, 0.3) is 16.9 Å². The molecule has 0 aliphatic rings. The van der Waals surface area contributed by atoms with Crippen molar-refractivity contribution in [2.75, 3.05) is 6.54 Å². The molecule has 2 aromatic carbocycles. The van der Waals surface area contributed by atoms with Gasteiger partial charge >= 0.3 is 0 Å². The van der Waals surface area contributed by atoms with Crippen LogP contribution >= 0.6 is 0 Å². The third-order valence-electron chi connectivity index (χ3n) is 3.68. The first-order chi connectivity index (χ1) is 11.6. The molecule has 1 heterocycles. The summed E-state index contributed by atoms with van der Waals surface area (Å²) < 4.78 is 1.71. The Morgan fingerprint density at radius 3 is 2.29 bits per heavy atom. The number of nitrogens with one attached hydrogen (secondary N) is 1. The van der Waals surface area contributed by atoms with Crippen LogP contribution in [0.1, 0.15) is 24.3 Å². The Morgan fingerprint density at radius 2 is 1.67 bits per heavy atom. The Morgan fingerprint density at radius 1 is 1.04 bits per heavy atom. The number of hydrogen-bond donors (Lipinski definition) is 1. The van der Waals surface area contributed by atoms with Crippen LogP contribution in [0.4, 0.5) is 0 Å². The fourth-order valence-electron chi connectivity index (χ4n) is 2.45. The molecule has 0 aliphatic heterocycles. The standard InChI is InChI=1S/C20H21N3O/c1-15(2)14-21-20(24)19-13-18(16-9-5-3-6-10-16)22-23(19)17-11-7-4-8-12-17/h3-13,15H,14H2,1-2H3,(H,21,24). The molecule has 1 amide bonds. The highest BCUT2D eigenvalue weighted by atomic mass is 16.2. The van der Waals surface area contributed by atoms with Gasteiger partial charge in [0.05, 0.1) is 11.4 Å². The van der Waals surface area contributed by atoms with Crippen molar-refractivity contribution in [3.63, 3.8) is 0 Å². The number of benzene rings is 2. The van der Waals surface area contributed by atoms with Crippen LogP contribution in [0.5, 0.6) is 0 Å². The Bertz CT molecular complexity index is 807. The molecule has 0 bridgehead atoms. The van der Waals surface area contributed by atoms with Gasteiger partial charge in [-0.05, 0) is 24.1 Å². The van der Waals surface area contributed by atoms with Gasteiger partial charge in [0, 0.05) is 12.1 Å². The number of hydrogen-bond acceptors (Lipinski definition) is 2. The van der Waals surface area contributed by atoms with Crippen molar-refractivity contribution < 1.29 is 4.79 Å². The summed E-state index contributed by atoms with van der Waals surface area (Å²) in [5.41, 5.74) is 3.19. The summed E-state index contributed by atoms with van der Waals surface area (Å²) in [7, 11) is 0. The lowest BCUT2D eigenvalue weighted by Crippen LogP contribution is -2.29. The van der Waals surface area contributed by atoms with Gasteiger partial charge in [-0.1, -0.05) is 62.4 Å². The maximum atomic E-state index is 12.6. The second kappa shape index (κ2) is 7.13. The Kier molecular flexibility index (Phi) is 4.75. The molecular weight excluding hydrogens is 298 g/mol. The molecule has 3 rings (SSSR count). The SMILES string of the molecule is CC(C)CNC(=O)c1cc(-c2ccccc2)nn1-c1ccccc1. The van der Waals surface area contributed by atoms with Crippen molar-refractivity contribution >= 4 is 5.91 Å². The molecule has 0 fully saturated rings. The van der Waals surface area contributed by atoms with Crippen LogP contribution in [-0.4, -0.2) is 22.2 Å². The summed E-state index contributed by atoms with van der Waals surface area (Å²) >= 11 is 0. The largest absolute Gasteiger partial charge is 0.350 e. The number of amides is 1. The average Bonchev–Trinajstić information content (AvgIpc) is 3.06. The molecule has 0 spiro atoms. The molecule has 0 saturated carbocycles. The Hall–Kier alpha value is -2.88. The van der Waals surface area contributed by atoms with E-state index in [1.54, 1.807) is 4.68 Å². The second-order valence-electron chi connectivity index (χ2n) is 6.13. The zero-order valence-corrected chi connectivity index (χ0v) is 13.9. The number of carbonyl (C=O) groups excluding carboxylic acids is 1. The first kappa shape index (κ1) is 16.0. The van der Waals surface area contributed by atoms with E-state index in [0.717, 1.165) is 16.9 Å². The van der Waals surface area contributed by atoms with E-state index >= 15 is 0 Å². The molecule has 4 heteroatoms. The van der Waals surface area contributed by atoms with Crippen molar-refractivity contribution in [1.82, 2.24) is 15.1 Å². The minimum absolute atomic E-state index is 0.109. The lowest BCUT2D eigenvalue weighted by Gasteiger charge is -2.09. The van der Waals surface area contributed by atoms with Gasteiger partial charge < -0.3 is 5.32 Å². The molecule has 24 heavy (non-hydrogen) atoms. The molecule has 4 nitrogen and oxygen atoms in total. The topological polar surface area (TPSA) is 46.9 Å². The monoisotopic (exact) mass is 319 g/mol. The van der Waals surface area contributed by atoms with Crippen LogP contribution in [0, 0.1) is 5.92 Å². The van der Waals surface area contributed by atoms with Gasteiger partial charge in [0.15, 0.2) is 0 Å². The molecule has 0 aliphatic carbocycles. The minimum Gasteiger partial charge on any atom is -0.350 e. The lowest BCUT2D eigenvalue weighted by atomic mass is 10.1. The lowest BCUT2D eigenvalue weighted by molar-refractivity contribution is 0.0941. The van der Waals surface area contributed by atoms with Crippen LogP contribution in [-0.2, 0) is 0 Å². The van der Waals surface area contributed by atoms with E-state index in [9.17, 15) is 4.79 Å². The quantitative estimate of drug-likeness (QED) is 0.774. The van der Waals surface area contributed by atoms with E-state index < -0.39 is 0 Å². The predicted molar refractivity (Wildman–Crippen MR) is 96.2 cm³/mol. The summed E-state index contributed by atoms with van der Waals surface area (Å²) in [5.74, 6) is 0.290. The first-order valence-electron chi connectivity index (χ1n) is 8.14. The molecule has 122 valence electrons. The van der Waals surface area contributed by atoms with E-state index in [1.165, 1.54) is 0 Å². The van der Waals surface area contributed by atoms with Crippen molar-refractivity contribution in [3.8, 4) is 16.9 Å². The molecule has 1 N–H and O–H groups in total. The van der Waals surface area contributed by atoms with Gasteiger partial charge in [0.2, 0.25) is 0 Å². The van der Waals surface area contributed by atoms with E-state index in [-0.39, 0.29) is 5.91 Å². The normalized spacial score (nSPS) is 10.8. The maximum absolute atomic E-state index is 12.6. The molecule has 0 atom stereocenters. The molecular formula is C20H21N3O. The van der Waals surface area contributed by atoms with Gasteiger partial charge in [0.1, 0.15) is 5.69 Å². The van der Waals surface area contributed by atoms with Gasteiger partial charge in [0.25, 0.3) is 5.91 Å². The average molecular weight is 319 g/mol. The van der Waals surface area contributed by atoms with Crippen molar-refractivity contribution in [2.24, 2.45) is 5.92 Å². The van der Waals surface area contributed by atoms with E-state index in [2.05, 4.69) is 24.3 Å². The van der Waals surface area contributed by atoms with Crippen LogP contribution < -0.4 is 5.32 Å². The number of nitrogens with zero attached hydrogens (tertiary/aromatic N) is 2. The molecule has 1 aromatic heterocycles. The first-order valence-corrected chi connectivity index (χ1v) is 8.14. The molecule has 3 aromatic rings. The Labute approximate surface area is 142 Å². The zero-order chi connectivity index (χ0) is 16.9. The van der Waals surface area contributed by atoms with Crippen LogP contribution in [0.2, 0.25) is 0 Å². The number of carbonyl (C=O) groups is 1. The summed E-state index contributed by atoms with van der Waals surface area (Å²) in [5, 5.41) is 7.63. The molecule has 0 radical (unpaired) electrons. The third-order valence-corrected chi connectivity index (χ3v) is 3.68. The summed E-state index contributed by atoms with van der Waals surface area (Å²) in [4.78, 5) is 12.6. The van der Waals surface area contributed by atoms with Crippen LogP contribution in [0.15, 0.2) is 66.7 Å². The number of rotatable bonds is 5. The van der Waals surface area contributed by atoms with Crippen molar-refractivity contribution in [1.29, 1.82) is 0 Å². The second-order valence-corrected chi connectivity index (χ2v) is 6.13. The molecule has 0 saturated heterocycles. The van der Waals surface area contributed by atoms with E-state index in [4.69, 9.17) is 0 Å². The highest BCUT2D eigenvalue weighted by Crippen LogP contribution is 2.21. The van der Waals surface area contributed by atoms with Gasteiger partial charge in [-0.15, -0.1) is 0 Å². The summed E-state index contributed by atoms with van der Waals surface area (Å²) in [6.07, 6.45) is 0. The van der Waals surface area contributed by atoms with Crippen LogP contribution in [0.3, 0.4) is 0 Å². The van der Waals surface area contributed by atoms with E-state index in [1.807, 2.05) is 66.7 Å². The Balaban J connectivity index is 2.02. The summed E-state index contributed by atoms with van der Waals surface area (Å²) in [6.45, 7) is 4.79. The predicted octanol–water partition coefficient (Wildman–Crippen LogP) is 3.93. The fraction of sp³-hybridized carbons (Fsp3) is 0.200. The van der Waals surface area contributed by atoms with Gasteiger partial charge in [-0.3, -0.25) is 4.79 Å². The fourth-order valence-corrected chi connectivity index (χ4v) is 2.45. The summed E-state index contributed by atoms with van der Waals surface area (Å²) in [6, 6.07) is 21.5. The minimum atomic E-state index is -0.109. The smallest absolute Gasteiger partial charge is 0.270 e. The third kappa shape index (κ3) is 3.54. The van der Waals surface area contributed by atoms with Crippen molar-refractivity contribution in [3.05, 3.63) is 72.4 Å². The number of para-hydroxylation sites is 1. The van der Waals surface area contributed by atoms with E-state index in [0.29, 0.717) is 18.2 Å². The molecule has 0 unspecified atom stereocenters. The van der Waals surface area contributed by atoms with Gasteiger partial charge in [-0.25, -0.2) is 4.68 Å². The number of aromatic nitrogens is 2. The van der Waals surface area contributed by atoms with Gasteiger partial charge in [-0.2, -0.15) is 5.10 Å². The maximum Gasteiger partial charge on any atom is 0.270 e. The van der Waals surface area contributed by atoms with Crippen molar-refractivity contribution in [2.45, 2.75) is 13.8 Å². The highest BCUT2D eigenvalue weighted by molar-refractivity contribution is 5.94. The highest BCUT2D eigenvalue weighted by Gasteiger charge is 2.17. The zero-order valence-electron chi connectivity index (χ0n) is 13.9.